The highest BCUT2D eigenvalue weighted by Gasteiger charge is 2.31. The molecule has 1 aliphatic heterocycles. The van der Waals surface area contributed by atoms with Gasteiger partial charge in [-0.25, -0.2) is 9.97 Å². The second-order valence-corrected chi connectivity index (χ2v) is 6.36. The summed E-state index contributed by atoms with van der Waals surface area (Å²) in [6, 6.07) is 13.1. The number of nitrogens with one attached hydrogen (secondary N) is 1. The van der Waals surface area contributed by atoms with Crippen LogP contribution in [0, 0.1) is 6.92 Å². The van der Waals surface area contributed by atoms with Crippen LogP contribution in [0.3, 0.4) is 0 Å². The van der Waals surface area contributed by atoms with E-state index in [1.807, 2.05) is 49.4 Å². The fourth-order valence-corrected chi connectivity index (χ4v) is 3.30. The molecule has 1 aliphatic rings. The summed E-state index contributed by atoms with van der Waals surface area (Å²) in [5, 5.41) is 2.92. The Hall–Kier alpha value is -2.73. The van der Waals surface area contributed by atoms with Crippen LogP contribution in [-0.2, 0) is 11.3 Å². The number of hydrogen-bond donors (Lipinski definition) is 1. The Bertz CT molecular complexity index is 872. The Morgan fingerprint density at radius 1 is 1.24 bits per heavy atom. The fraction of sp³-hybridized carbons (Fsp3) is 0.316. The zero-order valence-corrected chi connectivity index (χ0v) is 14.1. The van der Waals surface area contributed by atoms with Crippen molar-refractivity contribution in [3.63, 3.8) is 0 Å². The van der Waals surface area contributed by atoms with E-state index in [1.54, 1.807) is 0 Å². The summed E-state index contributed by atoms with van der Waals surface area (Å²) < 4.78 is 5.80. The molecule has 3 aromatic rings. The van der Waals surface area contributed by atoms with Crippen LogP contribution in [-0.4, -0.2) is 33.4 Å². The predicted octanol–water partition coefficient (Wildman–Crippen LogP) is 3.13. The highest BCUT2D eigenvalue weighted by Crippen LogP contribution is 2.23. The number of amides is 1. The summed E-state index contributed by atoms with van der Waals surface area (Å²) in [4.78, 5) is 23.6. The standard InChI is InChI=1S/C19H20N4O2/c1-13-6-4-10-17(20-13)22-19(24)15-8-5-11-23(15)12-18-21-14-7-2-3-9-16(14)25-18/h2-4,6-7,9-10,15H,5,8,11-12H2,1H3,(H,20,22,24)/t15-/m0/s1. The molecule has 0 aliphatic carbocycles. The summed E-state index contributed by atoms with van der Waals surface area (Å²) >= 11 is 0. The zero-order valence-electron chi connectivity index (χ0n) is 14.1. The first-order valence-electron chi connectivity index (χ1n) is 8.52. The van der Waals surface area contributed by atoms with Crippen molar-refractivity contribution in [1.82, 2.24) is 14.9 Å². The third-order valence-corrected chi connectivity index (χ3v) is 4.48. The van der Waals surface area contributed by atoms with E-state index in [4.69, 9.17) is 4.42 Å². The van der Waals surface area contributed by atoms with Crippen LogP contribution >= 0.6 is 0 Å². The minimum Gasteiger partial charge on any atom is -0.439 e. The van der Waals surface area contributed by atoms with Gasteiger partial charge < -0.3 is 9.73 Å². The molecule has 1 atom stereocenters. The van der Waals surface area contributed by atoms with Crippen LogP contribution in [0.25, 0.3) is 11.1 Å². The first kappa shape index (κ1) is 15.8. The number of para-hydroxylation sites is 2. The van der Waals surface area contributed by atoms with Crippen LogP contribution in [0.2, 0.25) is 0 Å². The van der Waals surface area contributed by atoms with Crippen molar-refractivity contribution in [3.05, 3.63) is 54.0 Å². The van der Waals surface area contributed by atoms with E-state index < -0.39 is 0 Å². The molecular weight excluding hydrogens is 316 g/mol. The number of benzene rings is 1. The number of carbonyl (C=O) groups is 1. The van der Waals surface area contributed by atoms with Gasteiger partial charge in [-0.05, 0) is 50.6 Å². The summed E-state index contributed by atoms with van der Waals surface area (Å²) in [7, 11) is 0. The summed E-state index contributed by atoms with van der Waals surface area (Å²) in [5.41, 5.74) is 2.51. The van der Waals surface area contributed by atoms with E-state index in [1.165, 1.54) is 0 Å². The van der Waals surface area contributed by atoms with E-state index >= 15 is 0 Å². The van der Waals surface area contributed by atoms with E-state index in [-0.39, 0.29) is 11.9 Å². The number of nitrogens with zero attached hydrogens (tertiary/aromatic N) is 3. The first-order valence-corrected chi connectivity index (χ1v) is 8.52. The molecule has 6 heteroatoms. The maximum absolute atomic E-state index is 12.7. The summed E-state index contributed by atoms with van der Waals surface area (Å²) in [6.07, 6.45) is 1.82. The van der Waals surface area contributed by atoms with Gasteiger partial charge in [0.1, 0.15) is 11.3 Å². The number of rotatable bonds is 4. The second-order valence-electron chi connectivity index (χ2n) is 6.36. The maximum atomic E-state index is 12.7. The molecule has 0 spiro atoms. The summed E-state index contributed by atoms with van der Waals surface area (Å²) in [5.74, 6) is 1.22. The van der Waals surface area contributed by atoms with E-state index in [9.17, 15) is 4.79 Å². The van der Waals surface area contributed by atoms with Gasteiger partial charge >= 0.3 is 0 Å². The Morgan fingerprint density at radius 3 is 2.96 bits per heavy atom. The number of oxazole rings is 1. The smallest absolute Gasteiger partial charge is 0.242 e. The first-order chi connectivity index (χ1) is 12.2. The van der Waals surface area contributed by atoms with Crippen molar-refractivity contribution in [3.8, 4) is 0 Å². The minimum absolute atomic E-state index is 0.0216. The van der Waals surface area contributed by atoms with Gasteiger partial charge in [0, 0.05) is 5.69 Å². The van der Waals surface area contributed by atoms with Crippen molar-refractivity contribution in [2.75, 3.05) is 11.9 Å². The van der Waals surface area contributed by atoms with Crippen molar-refractivity contribution in [1.29, 1.82) is 0 Å². The molecule has 0 saturated carbocycles. The lowest BCUT2D eigenvalue weighted by molar-refractivity contribution is -0.120. The Kier molecular flexibility index (Phi) is 4.19. The van der Waals surface area contributed by atoms with Crippen LogP contribution in [0.5, 0.6) is 0 Å². The maximum Gasteiger partial charge on any atom is 0.242 e. The molecule has 3 heterocycles. The number of aryl methyl sites for hydroxylation is 1. The number of aromatic nitrogens is 2. The fourth-order valence-electron chi connectivity index (χ4n) is 3.30. The lowest BCUT2D eigenvalue weighted by Crippen LogP contribution is -2.39. The SMILES string of the molecule is Cc1cccc(NC(=O)[C@@H]2CCCN2Cc2nc3ccccc3o2)n1. The minimum atomic E-state index is -0.183. The van der Waals surface area contributed by atoms with Gasteiger partial charge in [-0.15, -0.1) is 0 Å². The Labute approximate surface area is 145 Å². The normalized spacial score (nSPS) is 17.9. The van der Waals surface area contributed by atoms with Gasteiger partial charge in [-0.3, -0.25) is 9.69 Å². The van der Waals surface area contributed by atoms with Gasteiger partial charge in [-0.2, -0.15) is 0 Å². The molecule has 0 unspecified atom stereocenters. The third-order valence-electron chi connectivity index (χ3n) is 4.48. The second kappa shape index (κ2) is 6.64. The molecule has 1 aromatic carbocycles. The van der Waals surface area contributed by atoms with Gasteiger partial charge in [-0.1, -0.05) is 18.2 Å². The molecule has 4 rings (SSSR count). The highest BCUT2D eigenvalue weighted by atomic mass is 16.3. The molecule has 0 bridgehead atoms. The van der Waals surface area contributed by atoms with Gasteiger partial charge in [0.15, 0.2) is 5.58 Å². The number of hydrogen-bond acceptors (Lipinski definition) is 5. The third kappa shape index (κ3) is 3.39. The van der Waals surface area contributed by atoms with Crippen LogP contribution in [0.1, 0.15) is 24.4 Å². The molecule has 25 heavy (non-hydrogen) atoms. The molecule has 1 N–H and O–H groups in total. The highest BCUT2D eigenvalue weighted by molar-refractivity contribution is 5.94. The van der Waals surface area contributed by atoms with E-state index in [0.717, 1.165) is 36.2 Å². The van der Waals surface area contributed by atoms with Crippen LogP contribution < -0.4 is 5.32 Å². The number of fused-ring (bicyclic) bond motifs is 1. The van der Waals surface area contributed by atoms with Gasteiger partial charge in [0.2, 0.25) is 11.8 Å². The molecule has 128 valence electrons. The lowest BCUT2D eigenvalue weighted by atomic mass is 10.2. The van der Waals surface area contributed by atoms with Crippen molar-refractivity contribution < 1.29 is 9.21 Å². The van der Waals surface area contributed by atoms with Gasteiger partial charge in [0.05, 0.1) is 12.6 Å². The summed E-state index contributed by atoms with van der Waals surface area (Å²) in [6.45, 7) is 3.30. The van der Waals surface area contributed by atoms with Crippen LogP contribution in [0.15, 0.2) is 46.9 Å². The molecule has 1 fully saturated rings. The molecule has 1 amide bonds. The number of pyridine rings is 1. The molecule has 0 radical (unpaired) electrons. The number of anilines is 1. The predicted molar refractivity (Wildman–Crippen MR) is 95.0 cm³/mol. The average molecular weight is 336 g/mol. The molecule has 6 nitrogen and oxygen atoms in total. The Balaban J connectivity index is 1.47. The van der Waals surface area contributed by atoms with Crippen LogP contribution in [0.4, 0.5) is 5.82 Å². The molecular formula is C19H20N4O2. The number of likely N-dealkylation sites (tertiary alicyclic amines) is 1. The largest absolute Gasteiger partial charge is 0.439 e. The quantitative estimate of drug-likeness (QED) is 0.792. The number of carbonyl (C=O) groups excluding carboxylic acids is 1. The topological polar surface area (TPSA) is 71.3 Å². The van der Waals surface area contributed by atoms with E-state index in [0.29, 0.717) is 18.3 Å². The monoisotopic (exact) mass is 336 g/mol. The van der Waals surface area contributed by atoms with Crippen molar-refractivity contribution >= 4 is 22.8 Å². The molecule has 1 saturated heterocycles. The lowest BCUT2D eigenvalue weighted by Gasteiger charge is -2.21. The van der Waals surface area contributed by atoms with Crippen molar-refractivity contribution in [2.24, 2.45) is 0 Å². The zero-order chi connectivity index (χ0) is 17.2. The van der Waals surface area contributed by atoms with Crippen molar-refractivity contribution in [2.45, 2.75) is 32.4 Å². The Morgan fingerprint density at radius 2 is 2.12 bits per heavy atom. The molecule has 2 aromatic heterocycles. The van der Waals surface area contributed by atoms with E-state index in [2.05, 4.69) is 20.2 Å². The average Bonchev–Trinajstić information content (AvgIpc) is 3.21. The van der Waals surface area contributed by atoms with Gasteiger partial charge in [0.25, 0.3) is 0 Å².